The number of hydrogen-bond donors (Lipinski definition) is 7. The Morgan fingerprint density at radius 3 is 1.75 bits per heavy atom. The second-order valence-electron chi connectivity index (χ2n) is 16.1. The number of aliphatic hydroxyl groups excluding tert-OH is 6. The number of carbonyl (C=O) groups is 2. The maximum absolute atomic E-state index is 12.8. The first-order valence-electron chi connectivity index (χ1n) is 23.5. The normalized spacial score (nSPS) is 22.8. The van der Waals surface area contributed by atoms with E-state index in [4.69, 9.17) is 18.5 Å². The Balaban J connectivity index is 2.54. The lowest BCUT2D eigenvalue weighted by molar-refractivity contribution is -0.220. The average Bonchev–Trinajstić information content (AvgIpc) is 3.27. The minimum Gasteiger partial charge on any atom is -0.462 e. The van der Waals surface area contributed by atoms with Gasteiger partial charge in [0, 0.05) is 12.8 Å². The average molecular weight is 925 g/mol. The maximum Gasteiger partial charge on any atom is 0.472 e. The lowest BCUT2D eigenvalue weighted by atomic mass is 9.85. The van der Waals surface area contributed by atoms with Gasteiger partial charge in [-0.2, -0.15) is 0 Å². The Bertz CT molecular complexity index is 1460. The second-order valence-corrected chi connectivity index (χ2v) is 17.5. The van der Waals surface area contributed by atoms with Crippen LogP contribution in [0.2, 0.25) is 0 Å². The van der Waals surface area contributed by atoms with E-state index in [0.29, 0.717) is 25.7 Å². The number of hydrogen-bond acceptors (Lipinski definition) is 13. The minimum atomic E-state index is -5.15. The van der Waals surface area contributed by atoms with Crippen LogP contribution in [0.3, 0.4) is 0 Å². The lowest BCUT2D eigenvalue weighted by Gasteiger charge is -2.41. The van der Waals surface area contributed by atoms with Gasteiger partial charge in [0.25, 0.3) is 0 Å². The van der Waals surface area contributed by atoms with E-state index in [1.165, 1.54) is 25.7 Å². The fraction of sp³-hybridized carbons (Fsp3) is 0.673. The molecule has 4 unspecified atom stereocenters. The van der Waals surface area contributed by atoms with Crippen molar-refractivity contribution in [2.75, 3.05) is 13.2 Å². The highest BCUT2D eigenvalue weighted by Gasteiger charge is 2.51. The van der Waals surface area contributed by atoms with Crippen molar-refractivity contribution in [3.05, 3.63) is 85.1 Å². The van der Waals surface area contributed by atoms with Crippen LogP contribution in [0.25, 0.3) is 0 Å². The standard InChI is InChI=1S/C49H81O14P/c1-3-5-7-9-11-12-13-14-15-16-17-22-25-29-33-37-43(52)62-41(39-61-64(58,59)63-49-47(56)45(54)44(53)46(55)48(49)57)38-60-42(51)36-32-28-24-21-19-18-20-23-27-31-35-40(50)34-30-26-10-8-6-4-2/h6,8,12-13,18-19,23-24,26-28,30-31,35,40-41,44-50,53-57H,3-5,7,9-11,14-17,20-22,25,29,32-34,36-39H2,1-2H3,(H,58,59)/b8-6-,13-12-,19-18-,27-23-,28-24-,30-26-,35-31+/t40?,41-,44?,45-,46+,47-,48-,49?/m1/s1. The van der Waals surface area contributed by atoms with Gasteiger partial charge in [-0.1, -0.05) is 150 Å². The summed E-state index contributed by atoms with van der Waals surface area (Å²) in [5, 5.41) is 60.2. The molecule has 1 fully saturated rings. The summed E-state index contributed by atoms with van der Waals surface area (Å²) in [6.07, 6.45) is 32.4. The van der Waals surface area contributed by atoms with Gasteiger partial charge in [-0.05, 0) is 70.6 Å². The van der Waals surface area contributed by atoms with Crippen molar-refractivity contribution in [2.45, 2.75) is 198 Å². The number of carbonyl (C=O) groups excluding carboxylic acids is 2. The van der Waals surface area contributed by atoms with Crippen LogP contribution in [0.5, 0.6) is 0 Å². The molecule has 0 aliphatic heterocycles. The summed E-state index contributed by atoms with van der Waals surface area (Å²) in [6, 6.07) is 0. The highest BCUT2D eigenvalue weighted by molar-refractivity contribution is 7.47. The first kappa shape index (κ1) is 59.0. The molecule has 15 heteroatoms. The molecule has 1 aliphatic carbocycles. The highest BCUT2D eigenvalue weighted by atomic mass is 31.2. The molecule has 366 valence electrons. The van der Waals surface area contributed by atoms with Crippen LogP contribution in [0.1, 0.15) is 149 Å². The maximum atomic E-state index is 12.8. The molecular weight excluding hydrogens is 843 g/mol. The molecular formula is C49H81O14P. The number of ether oxygens (including phenoxy) is 2. The Morgan fingerprint density at radius 1 is 0.578 bits per heavy atom. The fourth-order valence-electron chi connectivity index (χ4n) is 6.51. The van der Waals surface area contributed by atoms with Gasteiger partial charge in [0.2, 0.25) is 0 Å². The van der Waals surface area contributed by atoms with E-state index in [-0.39, 0.29) is 12.8 Å². The monoisotopic (exact) mass is 925 g/mol. The minimum absolute atomic E-state index is 0.0136. The summed E-state index contributed by atoms with van der Waals surface area (Å²) >= 11 is 0. The molecule has 14 nitrogen and oxygen atoms in total. The smallest absolute Gasteiger partial charge is 0.462 e. The Hall–Kier alpha value is -3.01. The summed E-state index contributed by atoms with van der Waals surface area (Å²) in [4.78, 5) is 35.7. The number of esters is 2. The number of allylic oxidation sites excluding steroid dienone is 12. The number of rotatable bonds is 37. The molecule has 0 spiro atoms. The topological polar surface area (TPSA) is 230 Å². The van der Waals surface area contributed by atoms with Crippen LogP contribution < -0.4 is 0 Å². The summed E-state index contributed by atoms with van der Waals surface area (Å²) in [7, 11) is -5.15. The van der Waals surface area contributed by atoms with E-state index >= 15 is 0 Å². The molecule has 0 aromatic rings. The predicted molar refractivity (Wildman–Crippen MR) is 250 cm³/mol. The molecule has 64 heavy (non-hydrogen) atoms. The molecule has 7 N–H and O–H groups in total. The number of aliphatic hydroxyl groups is 6. The van der Waals surface area contributed by atoms with Gasteiger partial charge in [0.15, 0.2) is 6.10 Å². The van der Waals surface area contributed by atoms with Crippen LogP contribution in [-0.2, 0) is 32.7 Å². The zero-order chi connectivity index (χ0) is 47.3. The van der Waals surface area contributed by atoms with Gasteiger partial charge in [0.05, 0.1) is 12.7 Å². The number of phosphoric ester groups is 1. The second kappa shape index (κ2) is 38.1. The van der Waals surface area contributed by atoms with Crippen LogP contribution in [-0.4, -0.2) is 110 Å². The first-order chi connectivity index (χ1) is 30.8. The third-order valence-electron chi connectivity index (χ3n) is 10.3. The molecule has 1 saturated carbocycles. The quantitative estimate of drug-likeness (QED) is 0.0102. The molecule has 0 heterocycles. The molecule has 1 rings (SSSR count). The van der Waals surface area contributed by atoms with E-state index in [1.807, 2.05) is 54.7 Å². The van der Waals surface area contributed by atoms with Crippen molar-refractivity contribution in [3.63, 3.8) is 0 Å². The van der Waals surface area contributed by atoms with Gasteiger partial charge in [-0.3, -0.25) is 18.6 Å². The largest absolute Gasteiger partial charge is 0.472 e. The van der Waals surface area contributed by atoms with E-state index in [0.717, 1.165) is 70.6 Å². The van der Waals surface area contributed by atoms with Gasteiger partial charge < -0.3 is 45.0 Å². The molecule has 9 atom stereocenters. The van der Waals surface area contributed by atoms with E-state index in [2.05, 4.69) is 38.2 Å². The molecule has 0 aromatic carbocycles. The zero-order valence-electron chi connectivity index (χ0n) is 38.4. The molecule has 1 aliphatic rings. The molecule has 0 amide bonds. The van der Waals surface area contributed by atoms with Gasteiger partial charge in [0.1, 0.15) is 43.2 Å². The molecule has 0 radical (unpaired) electrons. The molecule has 0 saturated heterocycles. The molecule has 0 aromatic heterocycles. The fourth-order valence-corrected chi connectivity index (χ4v) is 7.48. The van der Waals surface area contributed by atoms with Gasteiger partial charge in [-0.25, -0.2) is 4.57 Å². The van der Waals surface area contributed by atoms with Crippen LogP contribution in [0, 0.1) is 0 Å². The summed E-state index contributed by atoms with van der Waals surface area (Å²) in [6.45, 7) is 3.03. The number of phosphoric acid groups is 1. The van der Waals surface area contributed by atoms with E-state index < -0.39 is 81.8 Å². The van der Waals surface area contributed by atoms with Gasteiger partial charge in [-0.15, -0.1) is 0 Å². The summed E-state index contributed by atoms with van der Waals surface area (Å²) in [5.74, 6) is -1.24. The Labute approximate surface area is 382 Å². The number of unbranched alkanes of at least 4 members (excludes halogenated alkanes) is 11. The first-order valence-corrected chi connectivity index (χ1v) is 25.0. The van der Waals surface area contributed by atoms with E-state index in [9.17, 15) is 49.7 Å². The highest BCUT2D eigenvalue weighted by Crippen LogP contribution is 2.47. The Morgan fingerprint density at radius 2 is 1.11 bits per heavy atom. The summed E-state index contributed by atoms with van der Waals surface area (Å²) < 4.78 is 33.4. The van der Waals surface area contributed by atoms with Crippen LogP contribution in [0.15, 0.2) is 85.1 Å². The van der Waals surface area contributed by atoms with Crippen molar-refractivity contribution in [1.29, 1.82) is 0 Å². The third-order valence-corrected chi connectivity index (χ3v) is 11.3. The van der Waals surface area contributed by atoms with Crippen molar-refractivity contribution >= 4 is 19.8 Å². The van der Waals surface area contributed by atoms with Crippen molar-refractivity contribution in [1.82, 2.24) is 0 Å². The third kappa shape index (κ3) is 30.2. The lowest BCUT2D eigenvalue weighted by Crippen LogP contribution is -2.64. The zero-order valence-corrected chi connectivity index (χ0v) is 39.3. The van der Waals surface area contributed by atoms with Gasteiger partial charge >= 0.3 is 19.8 Å². The van der Waals surface area contributed by atoms with Crippen molar-refractivity contribution in [2.24, 2.45) is 0 Å². The molecule has 0 bridgehead atoms. The van der Waals surface area contributed by atoms with Crippen molar-refractivity contribution < 1.29 is 68.2 Å². The van der Waals surface area contributed by atoms with E-state index in [1.54, 1.807) is 6.08 Å². The van der Waals surface area contributed by atoms with Crippen LogP contribution in [0.4, 0.5) is 0 Å². The SMILES string of the molecule is CC/C=C\C/C=C\CC(O)/C=C/C=C\C/C=C\C/C=C\CCC(=O)OC[C@H](COP(=O)(O)OC1[C@H](O)[C@H](O)C(O)[C@H](O)[C@H]1O)OC(=O)CCCCCCCCC/C=C\CCCCCC. The summed E-state index contributed by atoms with van der Waals surface area (Å²) in [5.41, 5.74) is 0. The Kier molecular flexibility index (Phi) is 35.2. The van der Waals surface area contributed by atoms with Crippen LogP contribution >= 0.6 is 7.82 Å². The van der Waals surface area contributed by atoms with Crippen molar-refractivity contribution in [3.8, 4) is 0 Å². The predicted octanol–water partition coefficient (Wildman–Crippen LogP) is 8.25.